The minimum Gasteiger partial charge on any atom is -0.332 e. The summed E-state index contributed by atoms with van der Waals surface area (Å²) in [6.07, 6.45) is 0. The van der Waals surface area contributed by atoms with Gasteiger partial charge in [-0.2, -0.15) is 0 Å². The molecular weight excluding hydrogens is 426 g/mol. The first-order valence-corrected chi connectivity index (χ1v) is 7.99. The SMILES string of the molecule is Cc1cc(I)ccc1NC(=S)Nc1ccc(Cl)cc1Cl. The summed E-state index contributed by atoms with van der Waals surface area (Å²) in [7, 11) is 0. The Morgan fingerprint density at radius 1 is 1.05 bits per heavy atom. The van der Waals surface area contributed by atoms with Crippen molar-refractivity contribution in [3.8, 4) is 0 Å². The van der Waals surface area contributed by atoms with Crippen LogP contribution in [0.4, 0.5) is 11.4 Å². The van der Waals surface area contributed by atoms with Crippen LogP contribution in [-0.4, -0.2) is 5.11 Å². The van der Waals surface area contributed by atoms with Crippen molar-refractivity contribution in [3.05, 3.63) is 55.6 Å². The van der Waals surface area contributed by atoms with E-state index in [2.05, 4.69) is 39.3 Å². The lowest BCUT2D eigenvalue weighted by Crippen LogP contribution is -2.19. The second kappa shape index (κ2) is 6.93. The molecule has 0 aliphatic heterocycles. The highest BCUT2D eigenvalue weighted by Gasteiger charge is 2.05. The van der Waals surface area contributed by atoms with E-state index in [4.69, 9.17) is 35.4 Å². The van der Waals surface area contributed by atoms with E-state index in [1.807, 2.05) is 19.1 Å². The Hall–Kier alpha value is -0.560. The Morgan fingerprint density at radius 3 is 2.35 bits per heavy atom. The molecule has 2 N–H and O–H groups in total. The Bertz CT molecular complexity index is 606. The molecule has 0 unspecified atom stereocenters. The maximum absolute atomic E-state index is 6.09. The molecule has 2 rings (SSSR count). The molecule has 2 nitrogen and oxygen atoms in total. The Morgan fingerprint density at radius 2 is 1.70 bits per heavy atom. The predicted molar refractivity (Wildman–Crippen MR) is 100 cm³/mol. The van der Waals surface area contributed by atoms with E-state index in [-0.39, 0.29) is 0 Å². The smallest absolute Gasteiger partial charge is 0.175 e. The van der Waals surface area contributed by atoms with Crippen LogP contribution < -0.4 is 10.6 Å². The van der Waals surface area contributed by atoms with Crippen LogP contribution in [0.3, 0.4) is 0 Å². The fourth-order valence-corrected chi connectivity index (χ4v) is 2.96. The third-order valence-corrected chi connectivity index (χ3v) is 4.04. The lowest BCUT2D eigenvalue weighted by atomic mass is 10.2. The van der Waals surface area contributed by atoms with Crippen LogP contribution >= 0.6 is 58.0 Å². The first-order valence-electron chi connectivity index (χ1n) is 5.75. The number of anilines is 2. The number of hydrogen-bond acceptors (Lipinski definition) is 1. The van der Waals surface area contributed by atoms with Gasteiger partial charge in [0.25, 0.3) is 0 Å². The first-order chi connectivity index (χ1) is 9.45. The zero-order valence-electron chi connectivity index (χ0n) is 10.5. The van der Waals surface area contributed by atoms with Crippen molar-refractivity contribution in [1.82, 2.24) is 0 Å². The summed E-state index contributed by atoms with van der Waals surface area (Å²) in [5.41, 5.74) is 2.81. The number of hydrogen-bond donors (Lipinski definition) is 2. The molecule has 20 heavy (non-hydrogen) atoms. The number of rotatable bonds is 2. The van der Waals surface area contributed by atoms with Gasteiger partial charge in [0.2, 0.25) is 0 Å². The van der Waals surface area contributed by atoms with Gasteiger partial charge in [0, 0.05) is 14.3 Å². The quantitative estimate of drug-likeness (QED) is 0.465. The Kier molecular flexibility index (Phi) is 5.49. The van der Waals surface area contributed by atoms with Crippen LogP contribution in [0.2, 0.25) is 10.0 Å². The maximum Gasteiger partial charge on any atom is 0.175 e. The van der Waals surface area contributed by atoms with Crippen molar-refractivity contribution in [2.45, 2.75) is 6.92 Å². The molecule has 2 aromatic carbocycles. The van der Waals surface area contributed by atoms with Crippen LogP contribution in [0, 0.1) is 10.5 Å². The minimum atomic E-state index is 0.485. The number of halogens is 3. The fraction of sp³-hybridized carbons (Fsp3) is 0.0714. The average molecular weight is 437 g/mol. The Balaban J connectivity index is 2.09. The van der Waals surface area contributed by atoms with Gasteiger partial charge < -0.3 is 10.6 Å². The van der Waals surface area contributed by atoms with Gasteiger partial charge in [-0.25, -0.2) is 0 Å². The summed E-state index contributed by atoms with van der Waals surface area (Å²) in [6.45, 7) is 2.03. The van der Waals surface area contributed by atoms with Gasteiger partial charge in [-0.15, -0.1) is 0 Å². The van der Waals surface area contributed by atoms with Gasteiger partial charge in [-0.05, 0) is 83.7 Å². The molecule has 0 aromatic heterocycles. The summed E-state index contributed by atoms with van der Waals surface area (Å²) < 4.78 is 1.19. The third kappa shape index (κ3) is 4.22. The van der Waals surface area contributed by atoms with E-state index in [0.717, 1.165) is 16.9 Å². The average Bonchev–Trinajstić information content (AvgIpc) is 2.36. The molecule has 0 aliphatic rings. The van der Waals surface area contributed by atoms with E-state index >= 15 is 0 Å². The van der Waals surface area contributed by atoms with Crippen molar-refractivity contribution < 1.29 is 0 Å². The summed E-state index contributed by atoms with van der Waals surface area (Å²) >= 11 is 19.5. The lowest BCUT2D eigenvalue weighted by Gasteiger charge is -2.13. The van der Waals surface area contributed by atoms with Gasteiger partial charge in [0.1, 0.15) is 0 Å². The van der Waals surface area contributed by atoms with Crippen LogP contribution in [0.5, 0.6) is 0 Å². The second-order valence-electron chi connectivity index (χ2n) is 4.16. The van der Waals surface area contributed by atoms with Crippen LogP contribution in [-0.2, 0) is 0 Å². The largest absolute Gasteiger partial charge is 0.332 e. The lowest BCUT2D eigenvalue weighted by molar-refractivity contribution is 1.43. The fourth-order valence-electron chi connectivity index (χ4n) is 1.63. The van der Waals surface area contributed by atoms with Gasteiger partial charge in [-0.3, -0.25) is 0 Å². The molecule has 0 amide bonds. The summed E-state index contributed by atoms with van der Waals surface area (Å²) in [6, 6.07) is 11.3. The molecule has 6 heteroatoms. The first kappa shape index (κ1) is 15.8. The number of thiocarbonyl (C=S) groups is 1. The zero-order valence-corrected chi connectivity index (χ0v) is 15.0. The van der Waals surface area contributed by atoms with E-state index in [1.165, 1.54) is 3.57 Å². The van der Waals surface area contributed by atoms with Crippen molar-refractivity contribution >= 4 is 74.5 Å². The van der Waals surface area contributed by atoms with Crippen molar-refractivity contribution in [1.29, 1.82) is 0 Å². The molecule has 104 valence electrons. The summed E-state index contributed by atoms with van der Waals surface area (Å²) in [5.74, 6) is 0. The standard InChI is InChI=1S/C14H11Cl2IN2S/c1-8-6-10(17)3-5-12(8)18-14(20)19-13-4-2-9(15)7-11(13)16/h2-7H,1H3,(H2,18,19,20). The highest BCUT2D eigenvalue weighted by Crippen LogP contribution is 2.25. The molecular formula is C14H11Cl2IN2S. The van der Waals surface area contributed by atoms with Gasteiger partial charge in [0.05, 0.1) is 10.7 Å². The zero-order chi connectivity index (χ0) is 14.7. The normalized spacial score (nSPS) is 10.2. The highest BCUT2D eigenvalue weighted by atomic mass is 127. The molecule has 0 saturated heterocycles. The number of nitrogens with one attached hydrogen (secondary N) is 2. The van der Waals surface area contributed by atoms with Crippen molar-refractivity contribution in [3.63, 3.8) is 0 Å². The van der Waals surface area contributed by atoms with Gasteiger partial charge in [-0.1, -0.05) is 23.2 Å². The number of benzene rings is 2. The molecule has 0 saturated carbocycles. The van der Waals surface area contributed by atoms with E-state index in [1.54, 1.807) is 18.2 Å². The van der Waals surface area contributed by atoms with E-state index in [9.17, 15) is 0 Å². The molecule has 2 aromatic rings. The van der Waals surface area contributed by atoms with Crippen molar-refractivity contribution in [2.24, 2.45) is 0 Å². The van der Waals surface area contributed by atoms with Gasteiger partial charge >= 0.3 is 0 Å². The topological polar surface area (TPSA) is 24.1 Å². The molecule has 0 fully saturated rings. The Labute approximate surface area is 147 Å². The molecule has 0 atom stereocenters. The molecule has 0 bridgehead atoms. The predicted octanol–water partition coefficient (Wildman–Crippen LogP) is 5.72. The molecule has 0 radical (unpaired) electrons. The third-order valence-electron chi connectivity index (χ3n) is 2.62. The van der Waals surface area contributed by atoms with Crippen LogP contribution in [0.15, 0.2) is 36.4 Å². The molecule has 0 heterocycles. The summed E-state index contributed by atoms with van der Waals surface area (Å²) in [5, 5.41) is 7.81. The summed E-state index contributed by atoms with van der Waals surface area (Å²) in [4.78, 5) is 0. The second-order valence-corrected chi connectivity index (χ2v) is 6.66. The van der Waals surface area contributed by atoms with Crippen molar-refractivity contribution in [2.75, 3.05) is 10.6 Å². The molecule has 0 spiro atoms. The van der Waals surface area contributed by atoms with Crippen LogP contribution in [0.25, 0.3) is 0 Å². The van der Waals surface area contributed by atoms with Gasteiger partial charge in [0.15, 0.2) is 5.11 Å². The van der Waals surface area contributed by atoms with E-state index in [0.29, 0.717) is 15.2 Å². The number of aryl methyl sites for hydroxylation is 1. The minimum absolute atomic E-state index is 0.485. The monoisotopic (exact) mass is 436 g/mol. The molecule has 0 aliphatic carbocycles. The highest BCUT2D eigenvalue weighted by molar-refractivity contribution is 14.1. The maximum atomic E-state index is 6.09. The van der Waals surface area contributed by atoms with Crippen LogP contribution in [0.1, 0.15) is 5.56 Å². The van der Waals surface area contributed by atoms with E-state index < -0.39 is 0 Å².